The Morgan fingerprint density at radius 1 is 1.09 bits per heavy atom. The van der Waals surface area contributed by atoms with Gasteiger partial charge in [-0.05, 0) is 61.2 Å². The number of likely N-dealkylation sites (tertiary alicyclic amines) is 1. The molecule has 0 saturated carbocycles. The fourth-order valence-corrected chi connectivity index (χ4v) is 5.38. The highest BCUT2D eigenvalue weighted by Gasteiger charge is 2.26. The van der Waals surface area contributed by atoms with Gasteiger partial charge in [0.1, 0.15) is 5.82 Å². The third-order valence-corrected chi connectivity index (χ3v) is 7.51. The summed E-state index contributed by atoms with van der Waals surface area (Å²) in [7, 11) is -3.80. The van der Waals surface area contributed by atoms with Crippen LogP contribution in [0.25, 0.3) is 10.9 Å². The summed E-state index contributed by atoms with van der Waals surface area (Å²) in [5.41, 5.74) is 0.934. The maximum absolute atomic E-state index is 13.5. The molecule has 0 aliphatic carbocycles. The van der Waals surface area contributed by atoms with Crippen LogP contribution in [0, 0.1) is 11.7 Å². The topological polar surface area (TPSA) is 68.6 Å². The minimum atomic E-state index is -3.80. The first-order chi connectivity index (χ1) is 15.3. The maximum atomic E-state index is 13.5. The second-order valence-electron chi connectivity index (χ2n) is 8.59. The van der Waals surface area contributed by atoms with Crippen LogP contribution in [-0.2, 0) is 14.6 Å². The number of hydrogen-bond donors (Lipinski definition) is 0. The summed E-state index contributed by atoms with van der Waals surface area (Å²) in [5, 5.41) is 0.807. The number of carbonyl (C=O) groups is 1. The number of nitrogens with zero attached hydrogens (tertiary/aromatic N) is 2. The Kier molecular flexibility index (Phi) is 6.24. The van der Waals surface area contributed by atoms with E-state index in [1.165, 1.54) is 18.2 Å². The van der Waals surface area contributed by atoms with Crippen molar-refractivity contribution in [2.75, 3.05) is 19.7 Å². The predicted octanol–water partition coefficient (Wildman–Crippen LogP) is 5.04. The molecule has 1 amide bonds. The lowest BCUT2D eigenvalue weighted by molar-refractivity contribution is 0.0801. The maximum Gasteiger partial charge on any atom is 0.409 e. The van der Waals surface area contributed by atoms with Crippen molar-refractivity contribution in [1.82, 2.24) is 9.47 Å². The Morgan fingerprint density at radius 2 is 1.81 bits per heavy atom. The van der Waals surface area contributed by atoms with Gasteiger partial charge in [0.15, 0.2) is 0 Å². The minimum absolute atomic E-state index is 0.0620. The van der Waals surface area contributed by atoms with Gasteiger partial charge in [0, 0.05) is 36.2 Å². The quantitative estimate of drug-likeness (QED) is 0.537. The van der Waals surface area contributed by atoms with E-state index >= 15 is 0 Å². The first kappa shape index (κ1) is 22.3. The molecule has 1 aromatic heterocycles. The monoisotopic (exact) mass is 458 g/mol. The number of hydrogen-bond acceptors (Lipinski definition) is 4. The van der Waals surface area contributed by atoms with Crippen LogP contribution in [0.5, 0.6) is 0 Å². The van der Waals surface area contributed by atoms with E-state index in [0.717, 1.165) is 29.8 Å². The number of carbonyl (C=O) groups excluding carboxylic acids is 1. The zero-order chi connectivity index (χ0) is 22.9. The van der Waals surface area contributed by atoms with Crippen LogP contribution in [0.1, 0.15) is 32.7 Å². The van der Waals surface area contributed by atoms with Crippen molar-refractivity contribution in [2.45, 2.75) is 42.5 Å². The average Bonchev–Trinajstić information content (AvgIpc) is 3.21. The van der Waals surface area contributed by atoms with Gasteiger partial charge in [0.05, 0.1) is 16.4 Å². The van der Waals surface area contributed by atoms with Crippen LogP contribution in [-0.4, -0.2) is 43.7 Å². The molecule has 1 aliphatic heterocycles. The van der Waals surface area contributed by atoms with Gasteiger partial charge < -0.3 is 14.2 Å². The van der Waals surface area contributed by atoms with E-state index in [9.17, 15) is 17.6 Å². The summed E-state index contributed by atoms with van der Waals surface area (Å²) in [6.07, 6.45) is 3.29. The molecule has 3 aromatic rings. The van der Waals surface area contributed by atoms with E-state index in [2.05, 4.69) is 4.57 Å². The largest absolute Gasteiger partial charge is 0.449 e. The zero-order valence-electron chi connectivity index (χ0n) is 18.2. The van der Waals surface area contributed by atoms with Crippen LogP contribution < -0.4 is 0 Å². The molecule has 0 unspecified atom stereocenters. The van der Waals surface area contributed by atoms with Gasteiger partial charge in [-0.15, -0.1) is 0 Å². The number of aromatic nitrogens is 1. The van der Waals surface area contributed by atoms with Crippen LogP contribution in [0.15, 0.2) is 64.5 Å². The van der Waals surface area contributed by atoms with Gasteiger partial charge in [0.2, 0.25) is 9.84 Å². The average molecular weight is 459 g/mol. The van der Waals surface area contributed by atoms with Gasteiger partial charge in [-0.25, -0.2) is 17.6 Å². The number of sulfone groups is 1. The van der Waals surface area contributed by atoms with E-state index in [1.807, 2.05) is 26.1 Å². The van der Waals surface area contributed by atoms with E-state index in [1.54, 1.807) is 23.1 Å². The van der Waals surface area contributed by atoms with Crippen molar-refractivity contribution >= 4 is 26.8 Å². The molecule has 2 heterocycles. The predicted molar refractivity (Wildman–Crippen MR) is 120 cm³/mol. The van der Waals surface area contributed by atoms with E-state index in [4.69, 9.17) is 4.74 Å². The molecule has 2 aromatic carbocycles. The van der Waals surface area contributed by atoms with Gasteiger partial charge in [-0.3, -0.25) is 0 Å². The Hall–Kier alpha value is -2.87. The summed E-state index contributed by atoms with van der Waals surface area (Å²) in [5.74, 6) is -0.282. The molecule has 0 atom stereocenters. The first-order valence-electron chi connectivity index (χ1n) is 10.8. The zero-order valence-corrected chi connectivity index (χ0v) is 19.0. The highest BCUT2D eigenvalue weighted by atomic mass is 32.2. The number of benzene rings is 2. The first-order valence-corrected chi connectivity index (χ1v) is 12.3. The molecule has 1 aliphatic rings. The molecular formula is C24H27FN2O4S. The van der Waals surface area contributed by atoms with E-state index in [0.29, 0.717) is 25.6 Å². The van der Waals surface area contributed by atoms with Gasteiger partial charge in [0.25, 0.3) is 0 Å². The summed E-state index contributed by atoms with van der Waals surface area (Å²) in [6.45, 7) is 5.67. The summed E-state index contributed by atoms with van der Waals surface area (Å²) >= 11 is 0. The second-order valence-corrected chi connectivity index (χ2v) is 10.5. The molecule has 0 spiro atoms. The number of rotatable bonds is 5. The standard InChI is InChI=1S/C24H27FN2O4S/c1-17(2)16-31-24(28)26-11-9-20(10-12-26)27-13-8-18-14-22(6-7-23(18)27)32(29,30)21-5-3-4-19(25)15-21/h3-8,13-15,17,20H,9-12,16H2,1-2H3. The highest BCUT2D eigenvalue weighted by molar-refractivity contribution is 7.91. The molecule has 0 radical (unpaired) electrons. The molecule has 32 heavy (non-hydrogen) atoms. The third-order valence-electron chi connectivity index (χ3n) is 5.76. The summed E-state index contributed by atoms with van der Waals surface area (Å²) in [6, 6.07) is 12.1. The molecule has 8 heteroatoms. The molecule has 1 saturated heterocycles. The lowest BCUT2D eigenvalue weighted by Crippen LogP contribution is -2.39. The normalized spacial score (nSPS) is 15.4. The fraction of sp³-hybridized carbons (Fsp3) is 0.375. The molecule has 0 bridgehead atoms. The van der Waals surface area contributed by atoms with Crippen LogP contribution in [0.3, 0.4) is 0 Å². The molecule has 0 N–H and O–H groups in total. The number of fused-ring (bicyclic) bond motifs is 1. The number of piperidine rings is 1. The molecule has 6 nitrogen and oxygen atoms in total. The number of amides is 1. The third kappa shape index (κ3) is 4.50. The van der Waals surface area contributed by atoms with Gasteiger partial charge >= 0.3 is 6.09 Å². The van der Waals surface area contributed by atoms with E-state index in [-0.39, 0.29) is 21.9 Å². The van der Waals surface area contributed by atoms with Crippen molar-refractivity contribution in [1.29, 1.82) is 0 Å². The van der Waals surface area contributed by atoms with Crippen molar-refractivity contribution in [3.05, 3.63) is 60.5 Å². The van der Waals surface area contributed by atoms with Crippen LogP contribution in [0.2, 0.25) is 0 Å². The van der Waals surface area contributed by atoms with Crippen molar-refractivity contribution < 1.29 is 22.3 Å². The summed E-state index contributed by atoms with van der Waals surface area (Å²) < 4.78 is 46.8. The van der Waals surface area contributed by atoms with Crippen LogP contribution >= 0.6 is 0 Å². The summed E-state index contributed by atoms with van der Waals surface area (Å²) in [4.78, 5) is 14.0. The molecule has 170 valence electrons. The van der Waals surface area contributed by atoms with Crippen molar-refractivity contribution in [2.24, 2.45) is 5.92 Å². The molecule has 4 rings (SSSR count). The van der Waals surface area contributed by atoms with E-state index < -0.39 is 15.7 Å². The second kappa shape index (κ2) is 8.94. The SMILES string of the molecule is CC(C)COC(=O)N1CCC(n2ccc3cc(S(=O)(=O)c4cccc(F)c4)ccc32)CC1. The fourth-order valence-electron chi connectivity index (χ4n) is 4.05. The Bertz CT molecular complexity index is 1230. The highest BCUT2D eigenvalue weighted by Crippen LogP contribution is 2.31. The smallest absolute Gasteiger partial charge is 0.409 e. The minimum Gasteiger partial charge on any atom is -0.449 e. The number of halogens is 1. The lowest BCUT2D eigenvalue weighted by Gasteiger charge is -2.32. The molecule has 1 fully saturated rings. The van der Waals surface area contributed by atoms with Crippen molar-refractivity contribution in [3.8, 4) is 0 Å². The lowest BCUT2D eigenvalue weighted by atomic mass is 10.1. The van der Waals surface area contributed by atoms with Gasteiger partial charge in [-0.2, -0.15) is 0 Å². The van der Waals surface area contributed by atoms with Crippen LogP contribution in [0.4, 0.5) is 9.18 Å². The van der Waals surface area contributed by atoms with Crippen molar-refractivity contribution in [3.63, 3.8) is 0 Å². The Balaban J connectivity index is 1.50. The molecular weight excluding hydrogens is 431 g/mol. The Morgan fingerprint density at radius 3 is 2.50 bits per heavy atom. The Labute approximate surface area is 187 Å². The van der Waals surface area contributed by atoms with Gasteiger partial charge in [-0.1, -0.05) is 19.9 Å². The number of ether oxygens (including phenoxy) is 1.